The number of aromatic nitrogens is 4. The van der Waals surface area contributed by atoms with Crippen molar-refractivity contribution >= 4 is 17.4 Å². The number of amides is 1. The Bertz CT molecular complexity index is 1200. The lowest BCUT2D eigenvalue weighted by molar-refractivity contribution is -0.131. The summed E-state index contributed by atoms with van der Waals surface area (Å²) in [4.78, 5) is 14.2. The lowest BCUT2D eigenvalue weighted by Gasteiger charge is -2.28. The molecular formula is C24H28F2N6O2. The molecule has 4 heterocycles. The summed E-state index contributed by atoms with van der Waals surface area (Å²) in [5, 5.41) is 12.2. The summed E-state index contributed by atoms with van der Waals surface area (Å²) >= 11 is 0. The molecule has 0 spiro atoms. The first-order valence-electron chi connectivity index (χ1n) is 11.6. The van der Waals surface area contributed by atoms with Crippen molar-refractivity contribution in [2.45, 2.75) is 45.2 Å². The van der Waals surface area contributed by atoms with Crippen molar-refractivity contribution in [1.29, 1.82) is 0 Å². The second-order valence-corrected chi connectivity index (χ2v) is 8.79. The van der Waals surface area contributed by atoms with E-state index in [1.54, 1.807) is 36.3 Å². The Morgan fingerprint density at radius 3 is 2.88 bits per heavy atom. The first-order chi connectivity index (χ1) is 16.4. The summed E-state index contributed by atoms with van der Waals surface area (Å²) in [5.74, 6) is 0.694. The number of anilines is 2. The van der Waals surface area contributed by atoms with E-state index in [-0.39, 0.29) is 17.5 Å². The number of carbonyl (C=O) groups excluding carboxylic acids is 1. The van der Waals surface area contributed by atoms with Crippen LogP contribution in [0.25, 0.3) is 11.1 Å². The van der Waals surface area contributed by atoms with Crippen LogP contribution in [0, 0.1) is 0 Å². The van der Waals surface area contributed by atoms with E-state index in [2.05, 4.69) is 10.4 Å². The van der Waals surface area contributed by atoms with Gasteiger partial charge in [-0.25, -0.2) is 8.78 Å². The molecule has 2 aliphatic heterocycles. The van der Waals surface area contributed by atoms with Gasteiger partial charge in [-0.2, -0.15) is 10.2 Å². The zero-order chi connectivity index (χ0) is 23.8. The van der Waals surface area contributed by atoms with E-state index in [1.165, 1.54) is 6.07 Å². The van der Waals surface area contributed by atoms with Gasteiger partial charge in [0, 0.05) is 67.3 Å². The third-order valence-electron chi connectivity index (χ3n) is 6.56. The molecule has 1 saturated heterocycles. The number of fused-ring (bicyclic) bond motifs is 1. The van der Waals surface area contributed by atoms with Gasteiger partial charge in [-0.3, -0.25) is 14.2 Å². The molecule has 2 aromatic heterocycles. The standard InChI is InChI=1S/C24H28F2N6O2/c1-3-22(33)31-8-6-21-20(13-31)24(29-32(21)17-7-9-34-14-17)28-16-4-5-18(19(10-16)23(25)26)15-11-27-30(2)12-15/h4-5,10-12,17,23H,3,6-9,13-14H2,1-2H3,(H,28,29). The molecule has 1 N–H and O–H groups in total. The third kappa shape index (κ3) is 4.18. The van der Waals surface area contributed by atoms with Crippen molar-refractivity contribution in [3.63, 3.8) is 0 Å². The Morgan fingerprint density at radius 1 is 1.35 bits per heavy atom. The van der Waals surface area contributed by atoms with Crippen LogP contribution >= 0.6 is 0 Å². The molecule has 0 bridgehead atoms. The molecule has 2 aliphatic rings. The molecule has 1 atom stereocenters. The van der Waals surface area contributed by atoms with Crippen molar-refractivity contribution < 1.29 is 18.3 Å². The van der Waals surface area contributed by atoms with Gasteiger partial charge in [0.15, 0.2) is 5.82 Å². The highest BCUT2D eigenvalue weighted by atomic mass is 19.3. The van der Waals surface area contributed by atoms with Crippen molar-refractivity contribution in [3.8, 4) is 11.1 Å². The van der Waals surface area contributed by atoms with Gasteiger partial charge in [-0.05, 0) is 24.1 Å². The second kappa shape index (κ2) is 9.17. The van der Waals surface area contributed by atoms with E-state index in [0.29, 0.717) is 61.8 Å². The van der Waals surface area contributed by atoms with Gasteiger partial charge in [0.2, 0.25) is 5.91 Å². The number of hydrogen-bond acceptors (Lipinski definition) is 5. The van der Waals surface area contributed by atoms with E-state index < -0.39 is 6.43 Å². The van der Waals surface area contributed by atoms with Crippen molar-refractivity contribution in [2.75, 3.05) is 25.1 Å². The molecular weight excluding hydrogens is 442 g/mol. The van der Waals surface area contributed by atoms with Gasteiger partial charge < -0.3 is 15.0 Å². The fourth-order valence-electron chi connectivity index (χ4n) is 4.78. The quantitative estimate of drug-likeness (QED) is 0.584. The van der Waals surface area contributed by atoms with E-state index in [4.69, 9.17) is 9.84 Å². The van der Waals surface area contributed by atoms with E-state index in [9.17, 15) is 13.6 Å². The normalized spacial score (nSPS) is 17.9. The lowest BCUT2D eigenvalue weighted by atomic mass is 10.0. The summed E-state index contributed by atoms with van der Waals surface area (Å²) < 4.78 is 37.1. The van der Waals surface area contributed by atoms with Crippen molar-refractivity contribution in [1.82, 2.24) is 24.5 Å². The largest absolute Gasteiger partial charge is 0.379 e. The predicted molar refractivity (Wildman–Crippen MR) is 123 cm³/mol. The number of aryl methyl sites for hydroxylation is 1. The number of benzene rings is 1. The van der Waals surface area contributed by atoms with Crippen LogP contribution in [0.1, 0.15) is 49.1 Å². The van der Waals surface area contributed by atoms with Crippen LogP contribution in [0.15, 0.2) is 30.6 Å². The molecule has 1 fully saturated rings. The van der Waals surface area contributed by atoms with Gasteiger partial charge in [-0.15, -0.1) is 0 Å². The Kier molecular flexibility index (Phi) is 6.07. The van der Waals surface area contributed by atoms with Crippen LogP contribution in [0.4, 0.5) is 20.3 Å². The number of ether oxygens (including phenoxy) is 1. The number of rotatable bonds is 6. The topological polar surface area (TPSA) is 77.2 Å². The van der Waals surface area contributed by atoms with Crippen molar-refractivity contribution in [3.05, 3.63) is 47.4 Å². The summed E-state index contributed by atoms with van der Waals surface area (Å²) in [7, 11) is 1.75. The van der Waals surface area contributed by atoms with Crippen LogP contribution < -0.4 is 5.32 Å². The zero-order valence-corrected chi connectivity index (χ0v) is 19.3. The number of nitrogens with zero attached hydrogens (tertiary/aromatic N) is 5. The van der Waals surface area contributed by atoms with Gasteiger partial charge in [0.1, 0.15) is 0 Å². The minimum absolute atomic E-state index is 0.0710. The summed E-state index contributed by atoms with van der Waals surface area (Å²) in [6, 6.07) is 5.06. The third-order valence-corrected chi connectivity index (χ3v) is 6.56. The zero-order valence-electron chi connectivity index (χ0n) is 19.3. The van der Waals surface area contributed by atoms with E-state index in [1.807, 2.05) is 16.5 Å². The fourth-order valence-corrected chi connectivity index (χ4v) is 4.78. The number of hydrogen-bond donors (Lipinski definition) is 1. The first kappa shape index (κ1) is 22.5. The smallest absolute Gasteiger partial charge is 0.264 e. The minimum atomic E-state index is -2.64. The van der Waals surface area contributed by atoms with Crippen LogP contribution in [0.5, 0.6) is 0 Å². The number of nitrogens with one attached hydrogen (secondary N) is 1. The summed E-state index contributed by atoms with van der Waals surface area (Å²) in [6.45, 7) is 4.24. The van der Waals surface area contributed by atoms with Crippen LogP contribution in [-0.4, -0.2) is 50.1 Å². The Morgan fingerprint density at radius 2 is 2.21 bits per heavy atom. The monoisotopic (exact) mass is 470 g/mol. The molecule has 8 nitrogen and oxygen atoms in total. The summed E-state index contributed by atoms with van der Waals surface area (Å²) in [5.41, 5.74) is 3.56. The summed E-state index contributed by atoms with van der Waals surface area (Å²) in [6.07, 6.45) is 2.67. The highest BCUT2D eigenvalue weighted by molar-refractivity contribution is 5.77. The van der Waals surface area contributed by atoms with E-state index in [0.717, 1.165) is 17.7 Å². The molecule has 3 aromatic rings. The number of alkyl halides is 2. The van der Waals surface area contributed by atoms with Gasteiger partial charge in [0.25, 0.3) is 6.43 Å². The van der Waals surface area contributed by atoms with Crippen LogP contribution in [-0.2, 0) is 29.5 Å². The average Bonchev–Trinajstić information content (AvgIpc) is 3.59. The van der Waals surface area contributed by atoms with Gasteiger partial charge in [0.05, 0.1) is 25.4 Å². The number of carbonyl (C=O) groups is 1. The Balaban J connectivity index is 1.50. The first-order valence-corrected chi connectivity index (χ1v) is 11.6. The van der Waals surface area contributed by atoms with Gasteiger partial charge in [-0.1, -0.05) is 13.0 Å². The molecule has 0 saturated carbocycles. The molecule has 34 heavy (non-hydrogen) atoms. The Labute approximate surface area is 196 Å². The fraction of sp³-hybridized carbons (Fsp3) is 0.458. The molecule has 5 rings (SSSR count). The van der Waals surface area contributed by atoms with Crippen LogP contribution in [0.2, 0.25) is 0 Å². The predicted octanol–water partition coefficient (Wildman–Crippen LogP) is 4.22. The average molecular weight is 471 g/mol. The molecule has 1 amide bonds. The molecule has 180 valence electrons. The molecule has 1 aromatic carbocycles. The van der Waals surface area contributed by atoms with Crippen molar-refractivity contribution in [2.24, 2.45) is 7.05 Å². The highest BCUT2D eigenvalue weighted by Gasteiger charge is 2.31. The lowest BCUT2D eigenvalue weighted by Crippen LogP contribution is -2.36. The highest BCUT2D eigenvalue weighted by Crippen LogP contribution is 2.36. The molecule has 0 aliphatic carbocycles. The number of halogens is 2. The molecule has 1 unspecified atom stereocenters. The maximum absolute atomic E-state index is 14.0. The molecule has 10 heteroatoms. The Hall–Kier alpha value is -3.27. The maximum Gasteiger partial charge on any atom is 0.264 e. The maximum atomic E-state index is 14.0. The van der Waals surface area contributed by atoms with E-state index >= 15 is 0 Å². The molecule has 0 radical (unpaired) electrons. The van der Waals surface area contributed by atoms with Crippen LogP contribution in [0.3, 0.4) is 0 Å². The second-order valence-electron chi connectivity index (χ2n) is 8.79. The SMILES string of the molecule is CCC(=O)N1CCc2c(c(Nc3ccc(-c4cnn(C)c4)c(C(F)F)c3)nn2C2CCOC2)C1. The minimum Gasteiger partial charge on any atom is -0.379 e. The van der Waals surface area contributed by atoms with Gasteiger partial charge >= 0.3 is 0 Å².